The highest BCUT2D eigenvalue weighted by atomic mass is 32.1. The van der Waals surface area contributed by atoms with Crippen molar-refractivity contribution in [3.05, 3.63) is 67.6 Å². The van der Waals surface area contributed by atoms with Gasteiger partial charge in [0.1, 0.15) is 5.69 Å². The van der Waals surface area contributed by atoms with Crippen molar-refractivity contribution in [3.8, 4) is 0 Å². The Hall–Kier alpha value is -2.73. The number of ether oxygens (including phenoxy) is 1. The van der Waals surface area contributed by atoms with E-state index in [4.69, 9.17) is 4.74 Å². The topological polar surface area (TPSA) is 76.2 Å². The minimum atomic E-state index is -0.726. The maximum Gasteiger partial charge on any atom is 0.355 e. The summed E-state index contributed by atoms with van der Waals surface area (Å²) in [6.45, 7) is 3.42. The zero-order chi connectivity index (χ0) is 17.3. The molecule has 2 heterocycles. The third kappa shape index (κ3) is 3.14. The molecule has 2 aromatic heterocycles. The number of rotatable bonds is 4. The molecule has 24 heavy (non-hydrogen) atoms. The van der Waals surface area contributed by atoms with Gasteiger partial charge in [-0.25, -0.2) is 4.79 Å². The Labute approximate surface area is 141 Å². The Morgan fingerprint density at radius 3 is 2.62 bits per heavy atom. The molecule has 1 N–H and O–H groups in total. The van der Waals surface area contributed by atoms with Crippen molar-refractivity contribution in [2.75, 3.05) is 6.61 Å². The number of carbonyl (C=O) groups excluding carboxylic acids is 2. The lowest BCUT2D eigenvalue weighted by atomic mass is 10.2. The molecule has 0 aliphatic rings. The van der Waals surface area contributed by atoms with Crippen molar-refractivity contribution in [2.45, 2.75) is 13.8 Å². The summed E-state index contributed by atoms with van der Waals surface area (Å²) < 4.78 is 5.06. The van der Waals surface area contributed by atoms with Gasteiger partial charge in [0.25, 0.3) is 0 Å². The van der Waals surface area contributed by atoms with Crippen LogP contribution >= 0.6 is 11.3 Å². The smallest absolute Gasteiger partial charge is 0.355 e. The van der Waals surface area contributed by atoms with Crippen molar-refractivity contribution < 1.29 is 14.3 Å². The predicted octanol–water partition coefficient (Wildman–Crippen LogP) is 3.25. The van der Waals surface area contributed by atoms with Crippen molar-refractivity contribution in [1.82, 2.24) is 4.98 Å². The molecular weight excluding hydrogens is 326 g/mol. The van der Waals surface area contributed by atoms with Gasteiger partial charge in [-0.05, 0) is 32.0 Å². The van der Waals surface area contributed by atoms with Gasteiger partial charge in [0, 0.05) is 32.3 Å². The van der Waals surface area contributed by atoms with Gasteiger partial charge >= 0.3 is 5.97 Å². The number of aryl methyl sites for hydroxylation is 2. The first kappa shape index (κ1) is 16.1. The Morgan fingerprint density at radius 2 is 1.92 bits per heavy atom. The average Bonchev–Trinajstić information content (AvgIpc) is 2.90. The summed E-state index contributed by atoms with van der Waals surface area (Å²) in [6.07, 6.45) is 0. The number of nitrogens with one attached hydrogen (secondary N) is 1. The van der Waals surface area contributed by atoms with Crippen LogP contribution in [-0.4, -0.2) is 23.3 Å². The fourth-order valence-corrected chi connectivity index (χ4v) is 3.44. The third-order valence-electron chi connectivity index (χ3n) is 3.63. The number of carbonyl (C=O) groups is 2. The molecule has 0 saturated heterocycles. The van der Waals surface area contributed by atoms with E-state index in [1.54, 1.807) is 30.3 Å². The molecule has 1 aromatic carbocycles. The van der Waals surface area contributed by atoms with Crippen molar-refractivity contribution >= 4 is 34.0 Å². The number of fused-ring (bicyclic) bond motifs is 1. The first-order chi connectivity index (χ1) is 11.5. The van der Waals surface area contributed by atoms with Gasteiger partial charge in [-0.3, -0.25) is 9.59 Å². The minimum absolute atomic E-state index is 0.0321. The Bertz CT molecular complexity index is 1000. The summed E-state index contributed by atoms with van der Waals surface area (Å²) in [4.78, 5) is 41.1. The Balaban J connectivity index is 1.77. The van der Waals surface area contributed by atoms with E-state index in [0.29, 0.717) is 16.5 Å². The van der Waals surface area contributed by atoms with Crippen LogP contribution in [0.4, 0.5) is 0 Å². The number of H-pyrrole nitrogens is 1. The zero-order valence-corrected chi connectivity index (χ0v) is 14.0. The second-order valence-corrected chi connectivity index (χ2v) is 6.88. The number of pyridine rings is 1. The van der Waals surface area contributed by atoms with E-state index >= 15 is 0 Å². The lowest BCUT2D eigenvalue weighted by Gasteiger charge is -2.05. The molecule has 0 unspecified atom stereocenters. The van der Waals surface area contributed by atoms with Crippen LogP contribution in [-0.2, 0) is 4.74 Å². The van der Waals surface area contributed by atoms with Crippen LogP contribution in [0.15, 0.2) is 41.2 Å². The van der Waals surface area contributed by atoms with Gasteiger partial charge < -0.3 is 9.72 Å². The maximum atomic E-state index is 12.2. The third-order valence-corrected chi connectivity index (χ3v) is 4.60. The van der Waals surface area contributed by atoms with Gasteiger partial charge in [-0.15, -0.1) is 11.3 Å². The van der Waals surface area contributed by atoms with Crippen LogP contribution in [0, 0.1) is 13.8 Å². The lowest BCUT2D eigenvalue weighted by Crippen LogP contribution is -2.17. The van der Waals surface area contributed by atoms with Gasteiger partial charge in [0.15, 0.2) is 12.0 Å². The number of benzene rings is 1. The van der Waals surface area contributed by atoms with Gasteiger partial charge in [-0.2, -0.15) is 0 Å². The first-order valence-electron chi connectivity index (χ1n) is 7.35. The molecule has 0 fully saturated rings. The van der Waals surface area contributed by atoms with Crippen LogP contribution in [0.5, 0.6) is 0 Å². The van der Waals surface area contributed by atoms with Crippen molar-refractivity contribution in [2.24, 2.45) is 0 Å². The highest BCUT2D eigenvalue weighted by Crippen LogP contribution is 2.21. The van der Waals surface area contributed by atoms with E-state index in [9.17, 15) is 14.4 Å². The fraction of sp³-hybridized carbons (Fsp3) is 0.167. The molecule has 122 valence electrons. The molecule has 5 nitrogen and oxygen atoms in total. The largest absolute Gasteiger partial charge is 0.453 e. The summed E-state index contributed by atoms with van der Waals surface area (Å²) in [5, 5.41) is 0.495. The average molecular weight is 341 g/mol. The molecule has 0 radical (unpaired) electrons. The van der Waals surface area contributed by atoms with Crippen LogP contribution < -0.4 is 5.43 Å². The number of thiophene rings is 1. The maximum absolute atomic E-state index is 12.2. The molecule has 0 bridgehead atoms. The van der Waals surface area contributed by atoms with Gasteiger partial charge in [0.2, 0.25) is 5.78 Å². The summed E-state index contributed by atoms with van der Waals surface area (Å²) >= 11 is 1.52. The predicted molar refractivity (Wildman–Crippen MR) is 93.0 cm³/mol. The molecule has 0 spiro atoms. The molecule has 6 heteroatoms. The van der Waals surface area contributed by atoms with E-state index < -0.39 is 5.97 Å². The van der Waals surface area contributed by atoms with Crippen molar-refractivity contribution in [1.29, 1.82) is 0 Å². The molecule has 0 amide bonds. The summed E-state index contributed by atoms with van der Waals surface area (Å²) in [6, 6.07) is 9.87. The van der Waals surface area contributed by atoms with Crippen LogP contribution in [0.2, 0.25) is 0 Å². The molecule has 0 atom stereocenters. The summed E-state index contributed by atoms with van der Waals surface area (Å²) in [5.74, 6) is -0.982. The normalized spacial score (nSPS) is 10.8. The standard InChI is InChI=1S/C18H15NO4S/c1-10-7-13(11(2)24-10)17(21)9-23-18(22)15-8-16(20)12-5-3-4-6-14(12)19-15/h3-8H,9H2,1-2H3,(H,19,20). The van der Waals surface area contributed by atoms with Gasteiger partial charge in [0.05, 0.1) is 0 Å². The number of esters is 1. The summed E-state index contributed by atoms with van der Waals surface area (Å²) in [7, 11) is 0. The van der Waals surface area contributed by atoms with Crippen molar-refractivity contribution in [3.63, 3.8) is 0 Å². The molecular formula is C18H15NO4S. The van der Waals surface area contributed by atoms with Crippen LogP contribution in [0.25, 0.3) is 10.9 Å². The number of para-hydroxylation sites is 1. The molecule has 0 saturated carbocycles. The zero-order valence-electron chi connectivity index (χ0n) is 13.2. The number of aromatic nitrogens is 1. The van der Waals surface area contributed by atoms with E-state index in [1.165, 1.54) is 17.4 Å². The summed E-state index contributed by atoms with van der Waals surface area (Å²) in [5.41, 5.74) is 0.876. The number of aromatic amines is 1. The van der Waals surface area contributed by atoms with E-state index in [2.05, 4.69) is 4.98 Å². The quantitative estimate of drug-likeness (QED) is 0.584. The fourth-order valence-electron chi connectivity index (χ4n) is 2.50. The minimum Gasteiger partial charge on any atom is -0.453 e. The highest BCUT2D eigenvalue weighted by Gasteiger charge is 2.16. The van der Waals surface area contributed by atoms with E-state index in [1.807, 2.05) is 13.8 Å². The molecule has 0 aliphatic carbocycles. The van der Waals surface area contributed by atoms with Crippen LogP contribution in [0.1, 0.15) is 30.6 Å². The molecule has 3 aromatic rings. The SMILES string of the molecule is Cc1cc(C(=O)COC(=O)c2cc(=O)c3ccccc3[nH]2)c(C)s1. The number of hydrogen-bond donors (Lipinski definition) is 1. The lowest BCUT2D eigenvalue weighted by molar-refractivity contribution is 0.0469. The second kappa shape index (κ2) is 6.41. The second-order valence-electron chi connectivity index (χ2n) is 5.42. The number of Topliss-reactive ketones (excluding diaryl/α,β-unsaturated/α-hetero) is 1. The van der Waals surface area contributed by atoms with Gasteiger partial charge in [-0.1, -0.05) is 12.1 Å². The Morgan fingerprint density at radius 1 is 1.17 bits per heavy atom. The number of ketones is 1. The van der Waals surface area contributed by atoms with E-state index in [-0.39, 0.29) is 23.5 Å². The van der Waals surface area contributed by atoms with E-state index in [0.717, 1.165) is 9.75 Å². The molecule has 0 aliphatic heterocycles. The Kier molecular flexibility index (Phi) is 4.31. The monoisotopic (exact) mass is 341 g/mol. The number of hydrogen-bond acceptors (Lipinski definition) is 5. The highest BCUT2D eigenvalue weighted by molar-refractivity contribution is 7.12. The first-order valence-corrected chi connectivity index (χ1v) is 8.17. The van der Waals surface area contributed by atoms with Crippen LogP contribution in [0.3, 0.4) is 0 Å². The molecule has 3 rings (SSSR count).